The molecule has 0 saturated heterocycles. The van der Waals surface area contributed by atoms with Crippen molar-refractivity contribution in [3.8, 4) is 5.75 Å². The maximum absolute atomic E-state index is 13.4. The fourth-order valence-corrected chi connectivity index (χ4v) is 4.95. The van der Waals surface area contributed by atoms with E-state index in [0.29, 0.717) is 6.42 Å². The van der Waals surface area contributed by atoms with Gasteiger partial charge in [-0.1, -0.05) is 43.3 Å². The maximum Gasteiger partial charge on any atom is 0.351 e. The first-order valence-corrected chi connectivity index (χ1v) is 12.7. The number of para-hydroxylation sites is 1. The van der Waals surface area contributed by atoms with Crippen LogP contribution in [0.3, 0.4) is 0 Å². The lowest BCUT2D eigenvalue weighted by Crippen LogP contribution is -2.30. The van der Waals surface area contributed by atoms with E-state index in [4.69, 9.17) is 4.74 Å². The van der Waals surface area contributed by atoms with Crippen molar-refractivity contribution in [2.75, 3.05) is 26.0 Å². The van der Waals surface area contributed by atoms with Gasteiger partial charge in [-0.3, -0.25) is 4.79 Å². The molecule has 0 saturated carbocycles. The van der Waals surface area contributed by atoms with Crippen LogP contribution in [-0.4, -0.2) is 57.9 Å². The number of rotatable bonds is 8. The highest BCUT2D eigenvalue weighted by Crippen LogP contribution is 2.32. The van der Waals surface area contributed by atoms with E-state index < -0.39 is 26.5 Å². The van der Waals surface area contributed by atoms with E-state index in [1.54, 1.807) is 27.1 Å². The fourth-order valence-electron chi connectivity index (χ4n) is 3.62. The zero-order valence-electron chi connectivity index (χ0n) is 20.4. The summed E-state index contributed by atoms with van der Waals surface area (Å²) < 4.78 is 22.5. The van der Waals surface area contributed by atoms with E-state index in [1.165, 1.54) is 22.3 Å². The summed E-state index contributed by atoms with van der Waals surface area (Å²) >= 11 is 0. The van der Waals surface area contributed by atoms with Gasteiger partial charge in [0.15, 0.2) is 26.2 Å². The Hall–Kier alpha value is -4.08. The molecule has 11 heteroatoms. The van der Waals surface area contributed by atoms with Gasteiger partial charge in [-0.25, -0.2) is 13.8 Å². The highest BCUT2D eigenvalue weighted by Gasteiger charge is 2.38. The number of amides is 1. The molecule has 10 nitrogen and oxygen atoms in total. The number of nitrogens with one attached hydrogen (secondary N) is 2. The molecule has 1 aliphatic rings. The number of hydrogen-bond donors (Lipinski definition) is 3. The Bertz CT molecular complexity index is 1370. The van der Waals surface area contributed by atoms with Crippen molar-refractivity contribution in [3.05, 3.63) is 70.3 Å². The van der Waals surface area contributed by atoms with Crippen LogP contribution in [0.5, 0.6) is 5.75 Å². The smallest absolute Gasteiger partial charge is 0.351 e. The first-order valence-electron chi connectivity index (χ1n) is 11.2. The molecule has 2 aromatic carbocycles. The highest BCUT2D eigenvalue weighted by molar-refractivity contribution is 8.04. The molecule has 0 fully saturated rings. The normalized spacial score (nSPS) is 17.6. The van der Waals surface area contributed by atoms with E-state index in [0.717, 1.165) is 5.56 Å². The molecular formula is C25H28N4O6S. The van der Waals surface area contributed by atoms with Crippen molar-refractivity contribution in [2.45, 2.75) is 26.3 Å². The van der Waals surface area contributed by atoms with Gasteiger partial charge < -0.3 is 25.4 Å². The molecule has 0 spiro atoms. The maximum atomic E-state index is 13.4. The van der Waals surface area contributed by atoms with Crippen molar-refractivity contribution in [1.29, 1.82) is 0 Å². The molecule has 0 aliphatic carbocycles. The van der Waals surface area contributed by atoms with Gasteiger partial charge >= 0.3 is 5.97 Å². The largest absolute Gasteiger partial charge is 0.505 e. The molecule has 3 N–H and O–H groups in total. The summed E-state index contributed by atoms with van der Waals surface area (Å²) in [5, 5.41) is 18.2. The Balaban J connectivity index is 2.14. The minimum Gasteiger partial charge on any atom is -0.505 e. The van der Waals surface area contributed by atoms with Gasteiger partial charge in [0.05, 0.1) is 23.9 Å². The lowest BCUT2D eigenvalue weighted by atomic mass is 10.0. The Kier molecular flexibility index (Phi) is 8.18. The number of benzene rings is 2. The standard InChI is InChI=1S/C25H28N4O6S/c1-5-18(16-11-8-7-9-12-16)26-20-22(25(33)35-6-2)36(34,15-30)28-23(20)27-19-14-10-13-17(21(19)31)24(32)29(3)4/h7-14,18,26,31H,5-6H2,1-4H3,(H,27,28,34)/t18-,36?/m1/s1. The average molecular weight is 513 g/mol. The van der Waals surface area contributed by atoms with Crippen molar-refractivity contribution in [2.24, 2.45) is 4.40 Å². The Labute approximate surface area is 209 Å². The van der Waals surface area contributed by atoms with Crippen molar-refractivity contribution in [1.82, 2.24) is 10.2 Å². The van der Waals surface area contributed by atoms with Gasteiger partial charge in [0.25, 0.3) is 5.91 Å². The van der Waals surface area contributed by atoms with Gasteiger partial charge in [-0.05, 0) is 31.0 Å². The van der Waals surface area contributed by atoms with E-state index in [1.807, 2.05) is 37.3 Å². The van der Waals surface area contributed by atoms with Gasteiger partial charge in [0.2, 0.25) is 5.23 Å². The van der Waals surface area contributed by atoms with Crippen LogP contribution >= 0.6 is 0 Å². The summed E-state index contributed by atoms with van der Waals surface area (Å²) in [4.78, 5) is 37.9. The second kappa shape index (κ2) is 11.1. The number of phenols is 1. The third-order valence-electron chi connectivity index (χ3n) is 5.39. The SMILES string of the molecule is CCOC(=O)C1=C(N[C@H](CC)c2ccccc2)C(Nc2cccc(C(=O)N(C)C)c2O)=NS1(=O)=C=O. The number of aromatic hydroxyl groups is 1. The van der Waals surface area contributed by atoms with Crippen LogP contribution in [0.1, 0.15) is 42.2 Å². The quantitative estimate of drug-likeness (QED) is 0.279. The number of carbonyl (C=O) groups excluding carboxylic acids is 3. The average Bonchev–Trinajstić information content (AvgIpc) is 3.15. The zero-order valence-corrected chi connectivity index (χ0v) is 21.2. The molecular weight excluding hydrogens is 484 g/mol. The molecule has 1 unspecified atom stereocenters. The molecule has 0 radical (unpaired) electrons. The van der Waals surface area contributed by atoms with Gasteiger partial charge in [-0.15, -0.1) is 0 Å². The number of esters is 1. The number of anilines is 1. The van der Waals surface area contributed by atoms with E-state index in [9.17, 15) is 23.7 Å². The first kappa shape index (κ1) is 26.5. The molecule has 3 rings (SSSR count). The Morgan fingerprint density at radius 1 is 1.14 bits per heavy atom. The summed E-state index contributed by atoms with van der Waals surface area (Å²) in [7, 11) is -0.866. The van der Waals surface area contributed by atoms with Crippen molar-refractivity contribution >= 4 is 38.3 Å². The summed E-state index contributed by atoms with van der Waals surface area (Å²) in [6, 6.07) is 13.5. The highest BCUT2D eigenvalue weighted by atomic mass is 32.2. The van der Waals surface area contributed by atoms with Crippen molar-refractivity contribution < 1.29 is 28.4 Å². The summed E-state index contributed by atoms with van der Waals surface area (Å²) in [6.07, 6.45) is 0.570. The summed E-state index contributed by atoms with van der Waals surface area (Å²) in [6.45, 7) is 3.48. The molecule has 2 aromatic rings. The molecule has 2 atom stereocenters. The second-order valence-electron chi connectivity index (χ2n) is 8.02. The third-order valence-corrected chi connectivity index (χ3v) is 6.98. The van der Waals surface area contributed by atoms with E-state index >= 15 is 0 Å². The number of amidine groups is 1. The second-order valence-corrected chi connectivity index (χ2v) is 9.83. The number of phenolic OH excluding ortho intramolecular Hbond substituents is 1. The molecule has 0 bridgehead atoms. The van der Waals surface area contributed by atoms with Crippen LogP contribution in [0.15, 0.2) is 63.5 Å². The molecule has 190 valence electrons. The van der Waals surface area contributed by atoms with E-state index in [2.05, 4.69) is 15.0 Å². The van der Waals surface area contributed by atoms with E-state index in [-0.39, 0.29) is 41.2 Å². The molecule has 0 aromatic heterocycles. The van der Waals surface area contributed by atoms with Crippen LogP contribution in [0, 0.1) is 0 Å². The Morgan fingerprint density at radius 2 is 1.83 bits per heavy atom. The lowest BCUT2D eigenvalue weighted by Gasteiger charge is -2.22. The van der Waals surface area contributed by atoms with Gasteiger partial charge in [0.1, 0.15) is 5.70 Å². The number of hydrogen-bond acceptors (Lipinski definition) is 8. The predicted octanol–water partition coefficient (Wildman–Crippen LogP) is 2.70. The zero-order chi connectivity index (χ0) is 26.5. The monoisotopic (exact) mass is 512 g/mol. The summed E-state index contributed by atoms with van der Waals surface area (Å²) in [5.74, 6) is -1.92. The number of nitrogens with zero attached hydrogens (tertiary/aromatic N) is 2. The molecule has 1 amide bonds. The van der Waals surface area contributed by atoms with Crippen molar-refractivity contribution in [3.63, 3.8) is 0 Å². The minimum atomic E-state index is -3.96. The molecule has 36 heavy (non-hydrogen) atoms. The number of carbonyl (C=O) groups is 2. The van der Waals surface area contributed by atoms with Crippen LogP contribution < -0.4 is 10.6 Å². The van der Waals surface area contributed by atoms with Crippen LogP contribution in [0.25, 0.3) is 0 Å². The first-order chi connectivity index (χ1) is 17.2. The lowest BCUT2D eigenvalue weighted by molar-refractivity contribution is -0.137. The van der Waals surface area contributed by atoms with Gasteiger partial charge in [0, 0.05) is 14.1 Å². The van der Waals surface area contributed by atoms with Crippen LogP contribution in [0.2, 0.25) is 0 Å². The fraction of sp³-hybridized carbons (Fsp3) is 0.280. The van der Waals surface area contributed by atoms with Crippen LogP contribution in [-0.2, 0) is 24.0 Å². The molecule has 1 heterocycles. The minimum absolute atomic E-state index is 0.0127. The Morgan fingerprint density at radius 3 is 2.42 bits per heavy atom. The number of ether oxygens (including phenoxy) is 1. The summed E-state index contributed by atoms with van der Waals surface area (Å²) in [5.41, 5.74) is 0.948. The topological polar surface area (TPSA) is 137 Å². The predicted molar refractivity (Wildman–Crippen MR) is 137 cm³/mol. The molecule has 1 aliphatic heterocycles. The third kappa shape index (κ3) is 5.27. The van der Waals surface area contributed by atoms with Crippen LogP contribution in [0.4, 0.5) is 5.69 Å². The van der Waals surface area contributed by atoms with Gasteiger partial charge in [-0.2, -0.15) is 4.40 Å².